The first-order valence-electron chi connectivity index (χ1n) is 6.47. The summed E-state index contributed by atoms with van der Waals surface area (Å²) >= 11 is 1.14. The third-order valence-electron chi connectivity index (χ3n) is 2.82. The Morgan fingerprint density at radius 2 is 2.25 bits per heavy atom. The number of rotatable bonds is 6. The van der Waals surface area contributed by atoms with Crippen molar-refractivity contribution in [1.29, 1.82) is 0 Å². The summed E-state index contributed by atoms with van der Waals surface area (Å²) < 4.78 is 15.5. The lowest BCUT2D eigenvalue weighted by Gasteiger charge is -2.06. The van der Waals surface area contributed by atoms with E-state index >= 15 is 0 Å². The normalized spacial score (nSPS) is 10.9. The Labute approximate surface area is 120 Å². The van der Waals surface area contributed by atoms with E-state index in [0.717, 1.165) is 23.9 Å². The molecule has 0 amide bonds. The third-order valence-corrected chi connectivity index (χ3v) is 3.86. The summed E-state index contributed by atoms with van der Waals surface area (Å²) in [6.45, 7) is 5.82. The number of halogens is 1. The maximum atomic E-state index is 14.0. The molecule has 0 aliphatic rings. The van der Waals surface area contributed by atoms with Gasteiger partial charge in [-0.05, 0) is 42.9 Å². The molecule has 0 aliphatic carbocycles. The predicted octanol–water partition coefficient (Wildman–Crippen LogP) is 1.99. The first kappa shape index (κ1) is 14.8. The number of aromatic amines is 1. The molecule has 0 spiro atoms. The van der Waals surface area contributed by atoms with Gasteiger partial charge in [-0.1, -0.05) is 13.0 Å². The minimum atomic E-state index is -0.302. The number of hydrogen-bond acceptors (Lipinski definition) is 4. The van der Waals surface area contributed by atoms with Gasteiger partial charge in [0.1, 0.15) is 5.82 Å². The van der Waals surface area contributed by atoms with Gasteiger partial charge < -0.3 is 5.32 Å². The Morgan fingerprint density at radius 1 is 1.45 bits per heavy atom. The average molecular weight is 296 g/mol. The smallest absolute Gasteiger partial charge is 0.313 e. The first-order chi connectivity index (χ1) is 9.65. The second-order valence-electron chi connectivity index (χ2n) is 4.20. The van der Waals surface area contributed by atoms with Crippen LogP contribution < -0.4 is 11.0 Å². The van der Waals surface area contributed by atoms with Crippen LogP contribution in [0.1, 0.15) is 19.4 Å². The minimum Gasteiger partial charge on any atom is -0.313 e. The van der Waals surface area contributed by atoms with Gasteiger partial charge in [0.15, 0.2) is 5.16 Å². The molecule has 0 fully saturated rings. The molecule has 2 rings (SSSR count). The van der Waals surface area contributed by atoms with Crippen LogP contribution in [0.25, 0.3) is 0 Å². The van der Waals surface area contributed by atoms with Crippen LogP contribution in [0.4, 0.5) is 4.39 Å². The summed E-state index contributed by atoms with van der Waals surface area (Å²) in [5, 5.41) is 9.89. The largest absolute Gasteiger partial charge is 0.343 e. The Bertz CT molecular complexity index is 638. The molecule has 0 saturated carbocycles. The molecule has 0 unspecified atom stereocenters. The Balaban J connectivity index is 2.19. The van der Waals surface area contributed by atoms with Crippen molar-refractivity contribution in [2.45, 2.75) is 37.0 Å². The molecule has 108 valence electrons. The van der Waals surface area contributed by atoms with Crippen molar-refractivity contribution in [1.82, 2.24) is 20.1 Å². The molecule has 0 saturated heterocycles. The summed E-state index contributed by atoms with van der Waals surface area (Å²) in [6, 6.07) is 5.09. The fourth-order valence-electron chi connectivity index (χ4n) is 1.76. The van der Waals surface area contributed by atoms with Crippen LogP contribution >= 0.6 is 11.8 Å². The van der Waals surface area contributed by atoms with Crippen molar-refractivity contribution < 1.29 is 4.39 Å². The topological polar surface area (TPSA) is 62.7 Å². The van der Waals surface area contributed by atoms with Crippen LogP contribution in [0.2, 0.25) is 0 Å². The summed E-state index contributed by atoms with van der Waals surface area (Å²) in [7, 11) is 0. The van der Waals surface area contributed by atoms with Crippen LogP contribution in [-0.4, -0.2) is 21.3 Å². The molecular formula is C13H17FN4OS. The van der Waals surface area contributed by atoms with Crippen molar-refractivity contribution in [2.75, 3.05) is 6.54 Å². The molecule has 20 heavy (non-hydrogen) atoms. The Morgan fingerprint density at radius 3 is 2.90 bits per heavy atom. The number of H-pyrrole nitrogens is 1. The number of nitrogens with zero attached hydrogens (tertiary/aromatic N) is 2. The highest BCUT2D eigenvalue weighted by atomic mass is 32.2. The molecule has 1 heterocycles. The summed E-state index contributed by atoms with van der Waals surface area (Å²) in [5.41, 5.74) is 0.614. The molecule has 5 nitrogen and oxygen atoms in total. The fourth-order valence-corrected chi connectivity index (χ4v) is 2.67. The molecule has 7 heteroatoms. The quantitative estimate of drug-likeness (QED) is 0.856. The monoisotopic (exact) mass is 296 g/mol. The highest BCUT2D eigenvalue weighted by molar-refractivity contribution is 7.99. The van der Waals surface area contributed by atoms with Gasteiger partial charge in [-0.2, -0.15) is 0 Å². The maximum Gasteiger partial charge on any atom is 0.343 e. The number of benzene rings is 1. The zero-order valence-electron chi connectivity index (χ0n) is 11.4. The lowest BCUT2D eigenvalue weighted by atomic mass is 10.2. The Kier molecular flexibility index (Phi) is 4.97. The zero-order valence-corrected chi connectivity index (χ0v) is 12.3. The maximum absolute atomic E-state index is 14.0. The van der Waals surface area contributed by atoms with Crippen LogP contribution in [0.15, 0.2) is 33.0 Å². The van der Waals surface area contributed by atoms with E-state index in [2.05, 4.69) is 15.5 Å². The van der Waals surface area contributed by atoms with Crippen LogP contribution in [-0.2, 0) is 13.1 Å². The summed E-state index contributed by atoms with van der Waals surface area (Å²) in [6.07, 6.45) is 0. The first-order valence-corrected chi connectivity index (χ1v) is 7.29. The van der Waals surface area contributed by atoms with Gasteiger partial charge in [0.05, 0.1) is 4.90 Å². The van der Waals surface area contributed by atoms with Crippen molar-refractivity contribution in [2.24, 2.45) is 0 Å². The molecule has 0 bridgehead atoms. The number of hydrogen-bond donors (Lipinski definition) is 2. The number of nitrogens with one attached hydrogen (secondary N) is 2. The van der Waals surface area contributed by atoms with Gasteiger partial charge in [-0.25, -0.2) is 14.3 Å². The van der Waals surface area contributed by atoms with Gasteiger partial charge in [0.2, 0.25) is 0 Å². The van der Waals surface area contributed by atoms with Crippen molar-refractivity contribution >= 4 is 11.8 Å². The highest BCUT2D eigenvalue weighted by Gasteiger charge is 2.11. The van der Waals surface area contributed by atoms with Crippen LogP contribution in [0.3, 0.4) is 0 Å². The molecule has 2 aromatic rings. The van der Waals surface area contributed by atoms with Gasteiger partial charge >= 0.3 is 5.69 Å². The lowest BCUT2D eigenvalue weighted by molar-refractivity contribution is 0.595. The molecule has 0 aliphatic heterocycles. The van der Waals surface area contributed by atoms with E-state index in [0.29, 0.717) is 23.1 Å². The van der Waals surface area contributed by atoms with Crippen LogP contribution in [0, 0.1) is 5.82 Å². The molecule has 2 N–H and O–H groups in total. The van der Waals surface area contributed by atoms with E-state index in [1.165, 1.54) is 10.6 Å². The zero-order chi connectivity index (χ0) is 14.5. The van der Waals surface area contributed by atoms with Gasteiger partial charge in [-0.15, -0.1) is 5.10 Å². The van der Waals surface area contributed by atoms with E-state index in [9.17, 15) is 9.18 Å². The van der Waals surface area contributed by atoms with Crippen molar-refractivity contribution in [3.8, 4) is 0 Å². The van der Waals surface area contributed by atoms with Crippen molar-refractivity contribution in [3.63, 3.8) is 0 Å². The molecular weight excluding hydrogens is 279 g/mol. The average Bonchev–Trinajstić information content (AvgIpc) is 2.79. The molecule has 1 aromatic heterocycles. The summed E-state index contributed by atoms with van der Waals surface area (Å²) in [4.78, 5) is 11.9. The summed E-state index contributed by atoms with van der Waals surface area (Å²) in [5.74, 6) is -0.302. The lowest BCUT2D eigenvalue weighted by Crippen LogP contribution is -2.16. The van der Waals surface area contributed by atoms with E-state index in [4.69, 9.17) is 0 Å². The van der Waals surface area contributed by atoms with E-state index < -0.39 is 0 Å². The third kappa shape index (κ3) is 3.29. The van der Waals surface area contributed by atoms with E-state index in [1.54, 1.807) is 6.07 Å². The fraction of sp³-hybridized carbons (Fsp3) is 0.385. The van der Waals surface area contributed by atoms with E-state index in [1.807, 2.05) is 19.9 Å². The Hall–Kier alpha value is -1.60. The van der Waals surface area contributed by atoms with Gasteiger partial charge in [0, 0.05) is 13.1 Å². The molecule has 1 aromatic carbocycles. The SMILES string of the molecule is CCNCc1ccc(Sc2n[nH]c(=O)n2CC)c(F)c1. The van der Waals surface area contributed by atoms with E-state index in [-0.39, 0.29) is 11.5 Å². The van der Waals surface area contributed by atoms with Gasteiger partial charge in [-0.3, -0.25) is 4.57 Å². The standard InChI is InChI=1S/C13H17FN4OS/c1-3-15-8-9-5-6-11(10(14)7-9)20-13-17-16-12(19)18(13)4-2/h5-7,15H,3-4,8H2,1-2H3,(H,16,19). The number of aromatic nitrogens is 3. The predicted molar refractivity (Wildman–Crippen MR) is 76.4 cm³/mol. The van der Waals surface area contributed by atoms with Gasteiger partial charge in [0.25, 0.3) is 0 Å². The second-order valence-corrected chi connectivity index (χ2v) is 5.21. The second kappa shape index (κ2) is 6.71. The molecule has 0 atom stereocenters. The van der Waals surface area contributed by atoms with Crippen molar-refractivity contribution in [3.05, 3.63) is 40.1 Å². The molecule has 0 radical (unpaired) electrons. The van der Waals surface area contributed by atoms with Crippen LogP contribution in [0.5, 0.6) is 0 Å². The highest BCUT2D eigenvalue weighted by Crippen LogP contribution is 2.28. The minimum absolute atomic E-state index is 0.279.